The quantitative estimate of drug-likeness (QED) is 0.517. The molecule has 0 radical (unpaired) electrons. The number of aliphatic hydroxyl groups is 3. The van der Waals surface area contributed by atoms with Crippen molar-refractivity contribution < 1.29 is 20.1 Å². The summed E-state index contributed by atoms with van der Waals surface area (Å²) in [6, 6.07) is 0. The fraction of sp³-hybridized carbons (Fsp3) is 0.706. The molecule has 1 aliphatic rings. The summed E-state index contributed by atoms with van der Waals surface area (Å²) in [5.74, 6) is 0.0677. The van der Waals surface area contributed by atoms with Gasteiger partial charge in [-0.15, -0.1) is 0 Å². The molecule has 5 atom stereocenters. The fourth-order valence-corrected chi connectivity index (χ4v) is 3.84. The zero-order chi connectivity index (χ0) is 18.9. The van der Waals surface area contributed by atoms with Crippen LogP contribution in [0.2, 0.25) is 0 Å². The summed E-state index contributed by atoms with van der Waals surface area (Å²) in [5.41, 5.74) is 5.41. The van der Waals surface area contributed by atoms with Crippen LogP contribution in [0.5, 0.6) is 0 Å². The normalized spacial score (nSPS) is 30.1. The molecule has 0 amide bonds. The molecule has 26 heavy (non-hydrogen) atoms. The highest BCUT2D eigenvalue weighted by atomic mass is 16.6. The summed E-state index contributed by atoms with van der Waals surface area (Å²) in [4.78, 5) is 12.5. The molecule has 3 heterocycles. The van der Waals surface area contributed by atoms with E-state index in [9.17, 15) is 15.3 Å². The Labute approximate surface area is 151 Å². The van der Waals surface area contributed by atoms with E-state index in [0.29, 0.717) is 11.2 Å². The molecule has 1 saturated heterocycles. The first-order valence-corrected chi connectivity index (χ1v) is 9.06. The molecular formula is C17H27N5O4. The van der Waals surface area contributed by atoms with Gasteiger partial charge in [0.15, 0.2) is 17.2 Å². The maximum atomic E-state index is 10.9. The van der Waals surface area contributed by atoms with Gasteiger partial charge in [0.05, 0.1) is 12.9 Å². The van der Waals surface area contributed by atoms with Gasteiger partial charge in [-0.05, 0) is 6.42 Å². The van der Waals surface area contributed by atoms with Gasteiger partial charge in [0.2, 0.25) is 0 Å². The van der Waals surface area contributed by atoms with Crippen molar-refractivity contribution in [2.75, 3.05) is 12.3 Å². The second kappa shape index (κ2) is 7.43. The molecule has 0 spiro atoms. The Kier molecular flexibility index (Phi) is 5.42. The van der Waals surface area contributed by atoms with Crippen molar-refractivity contribution in [3.05, 3.63) is 12.7 Å². The Morgan fingerprint density at radius 3 is 2.73 bits per heavy atom. The van der Waals surface area contributed by atoms with Crippen LogP contribution in [0.1, 0.15) is 39.5 Å². The first-order valence-electron chi connectivity index (χ1n) is 9.06. The van der Waals surface area contributed by atoms with E-state index in [1.54, 1.807) is 4.57 Å². The van der Waals surface area contributed by atoms with Crippen molar-refractivity contribution in [2.45, 2.75) is 63.6 Å². The topological polar surface area (TPSA) is 140 Å². The fourth-order valence-electron chi connectivity index (χ4n) is 3.84. The smallest absolute Gasteiger partial charge is 0.179 e. The molecule has 2 aromatic rings. The molecule has 9 nitrogen and oxygen atoms in total. The molecular weight excluding hydrogens is 338 g/mol. The molecule has 1 fully saturated rings. The van der Waals surface area contributed by atoms with Crippen LogP contribution in [0.15, 0.2) is 12.7 Å². The minimum absolute atomic E-state index is 0.163. The van der Waals surface area contributed by atoms with E-state index in [-0.39, 0.29) is 11.7 Å². The van der Waals surface area contributed by atoms with E-state index in [1.807, 2.05) is 6.92 Å². The molecule has 1 aliphatic heterocycles. The van der Waals surface area contributed by atoms with Crippen molar-refractivity contribution >= 4 is 17.0 Å². The lowest BCUT2D eigenvalue weighted by atomic mass is 9.86. The van der Waals surface area contributed by atoms with Crippen LogP contribution in [-0.4, -0.2) is 59.8 Å². The van der Waals surface area contributed by atoms with E-state index >= 15 is 0 Å². The van der Waals surface area contributed by atoms with Gasteiger partial charge in [-0.2, -0.15) is 0 Å². The van der Waals surface area contributed by atoms with Crippen LogP contribution in [0.4, 0.5) is 5.82 Å². The number of aliphatic hydroxyl groups excluding tert-OH is 3. The minimum atomic E-state index is -1.30. The van der Waals surface area contributed by atoms with Gasteiger partial charge in [0.25, 0.3) is 0 Å². The number of fused-ring (bicyclic) bond motifs is 1. The number of rotatable bonds is 7. The van der Waals surface area contributed by atoms with Crippen LogP contribution in [0, 0.1) is 5.92 Å². The van der Waals surface area contributed by atoms with Crippen molar-refractivity contribution in [3.63, 3.8) is 0 Å². The van der Waals surface area contributed by atoms with E-state index in [0.717, 1.165) is 25.7 Å². The van der Waals surface area contributed by atoms with Gasteiger partial charge >= 0.3 is 0 Å². The number of nitrogen functional groups attached to an aromatic ring is 1. The minimum Gasteiger partial charge on any atom is -0.394 e. The van der Waals surface area contributed by atoms with Gasteiger partial charge in [-0.3, -0.25) is 4.57 Å². The van der Waals surface area contributed by atoms with Crippen LogP contribution < -0.4 is 5.73 Å². The number of nitrogens with zero attached hydrogens (tertiary/aromatic N) is 4. The van der Waals surface area contributed by atoms with E-state index < -0.39 is 30.6 Å². The highest BCUT2D eigenvalue weighted by Gasteiger charge is 2.58. The van der Waals surface area contributed by atoms with Crippen LogP contribution in [-0.2, 0) is 10.5 Å². The van der Waals surface area contributed by atoms with Crippen molar-refractivity contribution in [2.24, 2.45) is 5.92 Å². The first-order chi connectivity index (χ1) is 12.5. The Balaban J connectivity index is 2.10. The zero-order valence-electron chi connectivity index (χ0n) is 15.1. The Morgan fingerprint density at radius 1 is 1.31 bits per heavy atom. The number of anilines is 1. The second-order valence-corrected chi connectivity index (χ2v) is 6.97. The van der Waals surface area contributed by atoms with Crippen LogP contribution >= 0.6 is 0 Å². The first kappa shape index (κ1) is 19.0. The average Bonchev–Trinajstić information content (AvgIpc) is 3.17. The summed E-state index contributed by atoms with van der Waals surface area (Å²) in [7, 11) is 0. The number of ether oxygens (including phenoxy) is 1. The molecule has 0 bridgehead atoms. The van der Waals surface area contributed by atoms with Crippen molar-refractivity contribution in [1.29, 1.82) is 0 Å². The molecule has 9 heteroatoms. The van der Waals surface area contributed by atoms with Crippen molar-refractivity contribution in [3.8, 4) is 0 Å². The Morgan fingerprint density at radius 2 is 2.08 bits per heavy atom. The molecule has 5 N–H and O–H groups in total. The molecule has 0 aromatic carbocycles. The van der Waals surface area contributed by atoms with Gasteiger partial charge in [0.1, 0.15) is 30.2 Å². The standard InChI is InChI=1S/C17H27N5O4/c1-3-4-5-6-10(2)17(14(25)13(24)11(7-23)26-17)22-9-21-12-15(18)19-8-20-16(12)22/h8-11,13-14,23-25H,3-7H2,1-2H3,(H2,18,19,20)/t10?,11-,13-,14-,17-/m1/s1. The predicted molar refractivity (Wildman–Crippen MR) is 95.0 cm³/mol. The number of hydrogen-bond donors (Lipinski definition) is 4. The zero-order valence-corrected chi connectivity index (χ0v) is 15.1. The monoisotopic (exact) mass is 365 g/mol. The third kappa shape index (κ3) is 2.84. The lowest BCUT2D eigenvalue weighted by Gasteiger charge is -2.39. The van der Waals surface area contributed by atoms with Gasteiger partial charge < -0.3 is 25.8 Å². The summed E-state index contributed by atoms with van der Waals surface area (Å²) in [5, 5.41) is 30.9. The Bertz CT molecular complexity index is 754. The van der Waals surface area contributed by atoms with Gasteiger partial charge in [-0.25, -0.2) is 15.0 Å². The predicted octanol–water partition coefficient (Wildman–Crippen LogP) is 0.391. The van der Waals surface area contributed by atoms with Crippen molar-refractivity contribution in [1.82, 2.24) is 19.5 Å². The van der Waals surface area contributed by atoms with Crippen LogP contribution in [0.3, 0.4) is 0 Å². The summed E-state index contributed by atoms with van der Waals surface area (Å²) in [6.07, 6.45) is 3.33. The van der Waals surface area contributed by atoms with Crippen LogP contribution in [0.25, 0.3) is 11.2 Å². The lowest BCUT2D eigenvalue weighted by molar-refractivity contribution is -0.179. The van der Waals surface area contributed by atoms with E-state index in [2.05, 4.69) is 21.9 Å². The summed E-state index contributed by atoms with van der Waals surface area (Å²) >= 11 is 0. The largest absolute Gasteiger partial charge is 0.394 e. The highest BCUT2D eigenvalue weighted by Crippen LogP contribution is 2.44. The summed E-state index contributed by atoms with van der Waals surface area (Å²) < 4.78 is 7.70. The SMILES string of the molecule is CCCCCC(C)[C@@]1(n2cnc3c(N)ncnc32)O[C@H](CO)[C@@H](O)[C@H]1O. The second-order valence-electron chi connectivity index (χ2n) is 6.97. The molecule has 2 aromatic heterocycles. The molecule has 0 aliphatic carbocycles. The summed E-state index contributed by atoms with van der Waals surface area (Å²) in [6.45, 7) is 3.68. The maximum absolute atomic E-state index is 10.9. The molecule has 144 valence electrons. The van der Waals surface area contributed by atoms with Gasteiger partial charge in [-0.1, -0.05) is 33.1 Å². The maximum Gasteiger partial charge on any atom is 0.179 e. The molecule has 0 saturated carbocycles. The lowest BCUT2D eigenvalue weighted by Crippen LogP contribution is -2.50. The third-order valence-corrected chi connectivity index (χ3v) is 5.33. The number of hydrogen-bond acceptors (Lipinski definition) is 8. The number of aromatic nitrogens is 4. The average molecular weight is 365 g/mol. The molecule has 3 rings (SSSR count). The Hall–Kier alpha value is -1.81. The number of imidazole rings is 1. The number of unbranched alkanes of at least 4 members (excludes halogenated alkanes) is 2. The third-order valence-electron chi connectivity index (χ3n) is 5.33. The highest BCUT2D eigenvalue weighted by molar-refractivity contribution is 5.81. The van der Waals surface area contributed by atoms with E-state index in [1.165, 1.54) is 12.7 Å². The van der Waals surface area contributed by atoms with E-state index in [4.69, 9.17) is 10.5 Å². The molecule has 1 unspecified atom stereocenters. The van der Waals surface area contributed by atoms with Gasteiger partial charge in [0, 0.05) is 5.92 Å². The number of nitrogens with two attached hydrogens (primary N) is 1.